The van der Waals surface area contributed by atoms with Gasteiger partial charge in [0.2, 0.25) is 0 Å². The lowest BCUT2D eigenvalue weighted by atomic mass is 10.0. The molecule has 0 aliphatic carbocycles. The van der Waals surface area contributed by atoms with Gasteiger partial charge in [-0.1, -0.05) is 0 Å². The van der Waals surface area contributed by atoms with Gasteiger partial charge in [0.1, 0.15) is 12.2 Å². The maximum Gasteiger partial charge on any atom is 0.264 e. The van der Waals surface area contributed by atoms with Crippen LogP contribution in [0.2, 0.25) is 0 Å². The molecule has 0 spiro atoms. The molecule has 0 aromatic rings. The molecule has 1 saturated heterocycles. The van der Waals surface area contributed by atoms with Gasteiger partial charge in [0, 0.05) is 13.1 Å². The summed E-state index contributed by atoms with van der Waals surface area (Å²) in [5.41, 5.74) is 0. The summed E-state index contributed by atoms with van der Waals surface area (Å²) in [7, 11) is -3.59. The molecule has 0 aromatic carbocycles. The molecule has 3 atom stereocenters. The molecule has 1 aliphatic heterocycles. The minimum absolute atomic E-state index is 0.214. The topological polar surface area (TPSA) is 95.9 Å². The summed E-state index contributed by atoms with van der Waals surface area (Å²) in [5.74, 6) is 0. The SMILES string of the molecule is CS(=O)(=O)O[C@H]1CNC[C@H](O)[C@@H]1O. The van der Waals surface area contributed by atoms with Crippen LogP contribution in [0, 0.1) is 0 Å². The minimum Gasteiger partial charge on any atom is -0.389 e. The van der Waals surface area contributed by atoms with E-state index in [-0.39, 0.29) is 13.1 Å². The van der Waals surface area contributed by atoms with Gasteiger partial charge < -0.3 is 15.5 Å². The summed E-state index contributed by atoms with van der Waals surface area (Å²) in [5, 5.41) is 21.2. The molecule has 1 fully saturated rings. The molecule has 0 unspecified atom stereocenters. The number of hydrogen-bond donors (Lipinski definition) is 3. The molecule has 3 N–H and O–H groups in total. The van der Waals surface area contributed by atoms with Crippen molar-refractivity contribution in [1.82, 2.24) is 5.32 Å². The van der Waals surface area contributed by atoms with Gasteiger partial charge >= 0.3 is 0 Å². The zero-order chi connectivity index (χ0) is 10.1. The quantitative estimate of drug-likeness (QED) is 0.443. The number of hydrogen-bond acceptors (Lipinski definition) is 6. The molecule has 1 heterocycles. The van der Waals surface area contributed by atoms with Gasteiger partial charge in [-0.15, -0.1) is 0 Å². The molecule has 1 aliphatic rings. The fraction of sp³-hybridized carbons (Fsp3) is 1.00. The lowest BCUT2D eigenvalue weighted by Gasteiger charge is -2.31. The fourth-order valence-electron chi connectivity index (χ4n) is 1.18. The second-order valence-corrected chi connectivity index (χ2v) is 4.66. The van der Waals surface area contributed by atoms with Crippen LogP contribution in [-0.4, -0.2) is 56.3 Å². The Hall–Kier alpha value is -0.210. The molecule has 0 radical (unpaired) electrons. The number of aliphatic hydroxyl groups is 2. The number of β-amino-alcohol motifs (C(OH)–C–C–N with tert-alkyl or cyclic N) is 1. The fourth-order valence-corrected chi connectivity index (χ4v) is 1.81. The Labute approximate surface area is 76.6 Å². The average molecular weight is 211 g/mol. The van der Waals surface area contributed by atoms with Gasteiger partial charge in [0.25, 0.3) is 10.1 Å². The molecule has 6 nitrogen and oxygen atoms in total. The van der Waals surface area contributed by atoms with Gasteiger partial charge in [-0.3, -0.25) is 4.18 Å². The normalized spacial score (nSPS) is 36.1. The largest absolute Gasteiger partial charge is 0.389 e. The number of nitrogens with one attached hydrogen (secondary N) is 1. The van der Waals surface area contributed by atoms with Crippen LogP contribution in [0.3, 0.4) is 0 Å². The van der Waals surface area contributed by atoms with E-state index in [1.165, 1.54) is 0 Å². The zero-order valence-corrected chi connectivity index (χ0v) is 7.99. The van der Waals surface area contributed by atoms with Crippen LogP contribution in [0.5, 0.6) is 0 Å². The minimum atomic E-state index is -3.59. The van der Waals surface area contributed by atoms with Crippen LogP contribution in [0.1, 0.15) is 0 Å². The first kappa shape index (κ1) is 10.9. The maximum absolute atomic E-state index is 10.7. The summed E-state index contributed by atoms with van der Waals surface area (Å²) >= 11 is 0. The van der Waals surface area contributed by atoms with Crippen LogP contribution < -0.4 is 5.32 Å². The smallest absolute Gasteiger partial charge is 0.264 e. The van der Waals surface area contributed by atoms with Crippen LogP contribution in [0.25, 0.3) is 0 Å². The Balaban J connectivity index is 2.59. The molecule has 0 bridgehead atoms. The molecule has 13 heavy (non-hydrogen) atoms. The Kier molecular flexibility index (Phi) is 3.25. The predicted molar refractivity (Wildman–Crippen MR) is 44.6 cm³/mol. The zero-order valence-electron chi connectivity index (χ0n) is 7.17. The summed E-state index contributed by atoms with van der Waals surface area (Å²) < 4.78 is 26.0. The van der Waals surface area contributed by atoms with Gasteiger partial charge in [-0.25, -0.2) is 0 Å². The second kappa shape index (κ2) is 3.89. The van der Waals surface area contributed by atoms with Crippen LogP contribution in [0.4, 0.5) is 0 Å². The number of rotatable bonds is 2. The lowest BCUT2D eigenvalue weighted by Crippen LogP contribution is -2.54. The molecule has 78 valence electrons. The molecule has 7 heteroatoms. The Morgan fingerprint density at radius 1 is 1.38 bits per heavy atom. The van der Waals surface area contributed by atoms with Crippen LogP contribution >= 0.6 is 0 Å². The monoisotopic (exact) mass is 211 g/mol. The Morgan fingerprint density at radius 3 is 2.54 bits per heavy atom. The lowest BCUT2D eigenvalue weighted by molar-refractivity contribution is -0.0629. The van der Waals surface area contributed by atoms with E-state index in [1.54, 1.807) is 0 Å². The van der Waals surface area contributed by atoms with E-state index >= 15 is 0 Å². The molecule has 0 aromatic heterocycles. The van der Waals surface area contributed by atoms with E-state index in [9.17, 15) is 13.5 Å². The van der Waals surface area contributed by atoms with Crippen molar-refractivity contribution in [2.45, 2.75) is 18.3 Å². The summed E-state index contributed by atoms with van der Waals surface area (Å²) in [6.07, 6.45) is -2.14. The van der Waals surface area contributed by atoms with Crippen molar-refractivity contribution >= 4 is 10.1 Å². The molecular weight excluding hydrogens is 198 g/mol. The molecular formula is C6H13NO5S. The maximum atomic E-state index is 10.7. The summed E-state index contributed by atoms with van der Waals surface area (Å²) in [6.45, 7) is 0.454. The average Bonchev–Trinajstić information content (AvgIpc) is 1.96. The van der Waals surface area contributed by atoms with Gasteiger partial charge in [-0.2, -0.15) is 8.42 Å². The first-order chi connectivity index (χ1) is 5.90. The van der Waals surface area contributed by atoms with E-state index in [0.29, 0.717) is 0 Å². The molecule has 0 amide bonds. The highest BCUT2D eigenvalue weighted by Gasteiger charge is 2.33. The second-order valence-electron chi connectivity index (χ2n) is 3.05. The van der Waals surface area contributed by atoms with Crippen LogP contribution in [0.15, 0.2) is 0 Å². The third kappa shape index (κ3) is 3.20. The first-order valence-corrected chi connectivity index (χ1v) is 5.67. The Bertz CT molecular complexity index is 264. The van der Waals surface area contributed by atoms with Crippen molar-refractivity contribution in [3.05, 3.63) is 0 Å². The Morgan fingerprint density at radius 2 is 2.00 bits per heavy atom. The van der Waals surface area contributed by atoms with Crippen molar-refractivity contribution in [1.29, 1.82) is 0 Å². The standard InChI is InChI=1S/C6H13NO5S/c1-13(10,11)12-5-3-7-2-4(8)6(5)9/h4-9H,2-3H2,1H3/t4-,5-,6-/m0/s1. The van der Waals surface area contributed by atoms with Gasteiger partial charge in [0.15, 0.2) is 0 Å². The number of aliphatic hydroxyl groups excluding tert-OH is 2. The van der Waals surface area contributed by atoms with Crippen molar-refractivity contribution in [3.63, 3.8) is 0 Å². The van der Waals surface area contributed by atoms with Gasteiger partial charge in [0.05, 0.1) is 12.4 Å². The highest BCUT2D eigenvalue weighted by Crippen LogP contribution is 2.10. The van der Waals surface area contributed by atoms with Crippen molar-refractivity contribution in [2.75, 3.05) is 19.3 Å². The highest BCUT2D eigenvalue weighted by molar-refractivity contribution is 7.86. The number of piperidine rings is 1. The van der Waals surface area contributed by atoms with E-state index in [1.807, 2.05) is 0 Å². The molecule has 0 saturated carbocycles. The first-order valence-electron chi connectivity index (χ1n) is 3.85. The van der Waals surface area contributed by atoms with Crippen LogP contribution in [-0.2, 0) is 14.3 Å². The van der Waals surface area contributed by atoms with E-state index in [0.717, 1.165) is 6.26 Å². The van der Waals surface area contributed by atoms with Crippen molar-refractivity contribution in [3.8, 4) is 0 Å². The highest BCUT2D eigenvalue weighted by atomic mass is 32.2. The third-order valence-electron chi connectivity index (χ3n) is 1.77. The van der Waals surface area contributed by atoms with E-state index in [4.69, 9.17) is 5.11 Å². The third-order valence-corrected chi connectivity index (χ3v) is 2.37. The van der Waals surface area contributed by atoms with Crippen molar-refractivity contribution < 1.29 is 22.8 Å². The van der Waals surface area contributed by atoms with Gasteiger partial charge in [-0.05, 0) is 0 Å². The van der Waals surface area contributed by atoms with E-state index < -0.39 is 28.4 Å². The van der Waals surface area contributed by atoms with E-state index in [2.05, 4.69) is 9.50 Å². The summed E-state index contributed by atoms with van der Waals surface area (Å²) in [4.78, 5) is 0. The predicted octanol–water partition coefficient (Wildman–Crippen LogP) is -2.34. The summed E-state index contributed by atoms with van der Waals surface area (Å²) in [6, 6.07) is 0. The molecule has 1 rings (SSSR count). The van der Waals surface area contributed by atoms with Crippen molar-refractivity contribution in [2.24, 2.45) is 0 Å².